The van der Waals surface area contributed by atoms with Crippen molar-refractivity contribution in [1.29, 1.82) is 0 Å². The predicted octanol–water partition coefficient (Wildman–Crippen LogP) is 1.93. The number of benzene rings is 1. The van der Waals surface area contributed by atoms with Crippen LogP contribution in [0.25, 0.3) is 0 Å². The monoisotopic (exact) mass is 281 g/mol. The second kappa shape index (κ2) is 5.89. The highest BCUT2D eigenvalue weighted by atomic mass is 79.9. The Morgan fingerprint density at radius 1 is 1.31 bits per heavy atom. The second-order valence-electron chi connectivity index (χ2n) is 3.81. The zero-order valence-corrected chi connectivity index (χ0v) is 10.8. The Hall–Kier alpha value is -1.03. The fourth-order valence-electron chi connectivity index (χ4n) is 1.63. The molecule has 1 aliphatic rings. The molecule has 0 unspecified atom stereocenters. The molecular formula is C12H16BrN3. The van der Waals surface area contributed by atoms with E-state index in [4.69, 9.17) is 0 Å². The first-order valence-corrected chi connectivity index (χ1v) is 6.40. The molecule has 86 valence electrons. The smallest absolute Gasteiger partial charge is 0.191 e. The average Bonchev–Trinajstić information content (AvgIpc) is 2.33. The summed E-state index contributed by atoms with van der Waals surface area (Å²) in [5.41, 5.74) is 1.34. The quantitative estimate of drug-likeness (QED) is 0.888. The molecule has 2 N–H and O–H groups in total. The van der Waals surface area contributed by atoms with E-state index in [1.165, 1.54) is 5.56 Å². The van der Waals surface area contributed by atoms with Gasteiger partial charge >= 0.3 is 0 Å². The molecule has 0 spiro atoms. The average molecular weight is 282 g/mol. The van der Waals surface area contributed by atoms with Gasteiger partial charge in [0.05, 0.1) is 0 Å². The van der Waals surface area contributed by atoms with Gasteiger partial charge in [-0.05, 0) is 30.5 Å². The van der Waals surface area contributed by atoms with Gasteiger partial charge in [0, 0.05) is 24.1 Å². The first-order chi connectivity index (χ1) is 7.84. The Kier molecular flexibility index (Phi) is 4.22. The summed E-state index contributed by atoms with van der Waals surface area (Å²) in [6.07, 6.45) is 2.16. The van der Waals surface area contributed by atoms with Gasteiger partial charge in [0.25, 0.3) is 0 Å². The summed E-state index contributed by atoms with van der Waals surface area (Å²) in [5.74, 6) is 0.948. The zero-order chi connectivity index (χ0) is 11.2. The van der Waals surface area contributed by atoms with Gasteiger partial charge in [-0.25, -0.2) is 0 Å². The van der Waals surface area contributed by atoms with E-state index in [0.29, 0.717) is 0 Å². The van der Waals surface area contributed by atoms with Crippen molar-refractivity contribution in [3.63, 3.8) is 0 Å². The Balaban J connectivity index is 1.75. The molecule has 1 aromatic rings. The van der Waals surface area contributed by atoms with Crippen LogP contribution in [0.5, 0.6) is 0 Å². The molecule has 1 heterocycles. The molecular weight excluding hydrogens is 266 g/mol. The molecule has 2 rings (SSSR count). The predicted molar refractivity (Wildman–Crippen MR) is 70.8 cm³/mol. The van der Waals surface area contributed by atoms with Gasteiger partial charge in [-0.1, -0.05) is 28.1 Å². The lowest BCUT2D eigenvalue weighted by Gasteiger charge is -2.15. The van der Waals surface area contributed by atoms with Crippen LogP contribution in [-0.4, -0.2) is 25.6 Å². The van der Waals surface area contributed by atoms with E-state index in [9.17, 15) is 0 Å². The minimum Gasteiger partial charge on any atom is -0.356 e. The third kappa shape index (κ3) is 3.52. The topological polar surface area (TPSA) is 36.4 Å². The van der Waals surface area contributed by atoms with Crippen LogP contribution in [0.15, 0.2) is 33.7 Å². The molecule has 0 saturated heterocycles. The molecule has 1 aliphatic heterocycles. The van der Waals surface area contributed by atoms with Crippen LogP contribution in [0.4, 0.5) is 0 Å². The molecule has 0 atom stereocenters. The molecule has 0 saturated carbocycles. The van der Waals surface area contributed by atoms with Crippen molar-refractivity contribution in [2.75, 3.05) is 19.6 Å². The van der Waals surface area contributed by atoms with E-state index >= 15 is 0 Å². The molecule has 4 heteroatoms. The van der Waals surface area contributed by atoms with E-state index < -0.39 is 0 Å². The van der Waals surface area contributed by atoms with Crippen molar-refractivity contribution >= 4 is 21.9 Å². The summed E-state index contributed by atoms with van der Waals surface area (Å²) in [7, 11) is 0. The van der Waals surface area contributed by atoms with Crippen LogP contribution < -0.4 is 10.6 Å². The molecule has 1 aromatic carbocycles. The summed E-state index contributed by atoms with van der Waals surface area (Å²) in [6, 6.07) is 8.43. The Labute approximate surface area is 104 Å². The zero-order valence-electron chi connectivity index (χ0n) is 9.17. The lowest BCUT2D eigenvalue weighted by molar-refractivity contribution is 0.700. The minimum atomic E-state index is 0.924. The van der Waals surface area contributed by atoms with Crippen LogP contribution in [0.3, 0.4) is 0 Å². The molecule has 0 amide bonds. The van der Waals surface area contributed by atoms with Gasteiger partial charge in [0.2, 0.25) is 0 Å². The summed E-state index contributed by atoms with van der Waals surface area (Å²) in [6.45, 7) is 2.89. The maximum Gasteiger partial charge on any atom is 0.191 e. The summed E-state index contributed by atoms with van der Waals surface area (Å²) < 4.78 is 1.13. The number of hydrogen-bond acceptors (Lipinski definition) is 3. The van der Waals surface area contributed by atoms with Crippen LogP contribution in [0, 0.1) is 0 Å². The number of nitrogens with one attached hydrogen (secondary N) is 2. The van der Waals surface area contributed by atoms with Crippen molar-refractivity contribution in [3.05, 3.63) is 34.3 Å². The number of hydrogen-bond donors (Lipinski definition) is 2. The third-order valence-corrected chi connectivity index (χ3v) is 3.05. The van der Waals surface area contributed by atoms with Gasteiger partial charge in [-0.3, -0.25) is 4.99 Å². The van der Waals surface area contributed by atoms with Crippen LogP contribution in [0.2, 0.25) is 0 Å². The number of guanidine groups is 1. The van der Waals surface area contributed by atoms with Gasteiger partial charge < -0.3 is 10.6 Å². The van der Waals surface area contributed by atoms with Gasteiger partial charge in [-0.15, -0.1) is 0 Å². The molecule has 16 heavy (non-hydrogen) atoms. The fourth-order valence-corrected chi connectivity index (χ4v) is 1.89. The normalized spacial score (nSPS) is 15.2. The highest BCUT2D eigenvalue weighted by molar-refractivity contribution is 9.10. The maximum atomic E-state index is 4.36. The highest BCUT2D eigenvalue weighted by Gasteiger charge is 2.02. The summed E-state index contributed by atoms with van der Waals surface area (Å²) >= 11 is 3.43. The van der Waals surface area contributed by atoms with Gasteiger partial charge in [0.1, 0.15) is 0 Å². The Bertz CT molecular complexity index is 359. The molecule has 3 nitrogen and oxygen atoms in total. The Morgan fingerprint density at radius 3 is 2.81 bits per heavy atom. The second-order valence-corrected chi connectivity index (χ2v) is 4.73. The third-order valence-electron chi connectivity index (χ3n) is 2.52. The van der Waals surface area contributed by atoms with Crippen LogP contribution in [-0.2, 0) is 6.42 Å². The van der Waals surface area contributed by atoms with Crippen molar-refractivity contribution in [2.45, 2.75) is 12.8 Å². The van der Waals surface area contributed by atoms with E-state index in [1.54, 1.807) is 0 Å². The van der Waals surface area contributed by atoms with Crippen molar-refractivity contribution in [2.24, 2.45) is 4.99 Å². The summed E-state index contributed by atoms with van der Waals surface area (Å²) in [5, 5.41) is 6.56. The highest BCUT2D eigenvalue weighted by Crippen LogP contribution is 2.10. The van der Waals surface area contributed by atoms with Crippen molar-refractivity contribution in [1.82, 2.24) is 10.6 Å². The van der Waals surface area contributed by atoms with Crippen LogP contribution >= 0.6 is 15.9 Å². The minimum absolute atomic E-state index is 0.924. The number of nitrogens with zero attached hydrogens (tertiary/aromatic N) is 1. The standard InChI is InChI=1S/C12H16BrN3/c13-11-4-2-10(3-5-11)6-9-16-12-14-7-1-8-15-12/h2-5H,1,6-9H2,(H2,14,15,16). The number of aliphatic imine (C=N–C) groups is 1. The van der Waals surface area contributed by atoms with Crippen molar-refractivity contribution < 1.29 is 0 Å². The van der Waals surface area contributed by atoms with E-state index in [-0.39, 0.29) is 0 Å². The number of rotatable bonds is 3. The largest absolute Gasteiger partial charge is 0.356 e. The molecule has 0 fully saturated rings. The lowest BCUT2D eigenvalue weighted by atomic mass is 10.1. The molecule has 0 radical (unpaired) electrons. The van der Waals surface area contributed by atoms with Gasteiger partial charge in [0.15, 0.2) is 5.96 Å². The maximum absolute atomic E-state index is 4.36. The first-order valence-electron chi connectivity index (χ1n) is 5.61. The SMILES string of the molecule is Brc1ccc(CCNC2=NCCCN2)cc1. The Morgan fingerprint density at radius 2 is 2.12 bits per heavy atom. The first kappa shape index (κ1) is 11.5. The van der Waals surface area contributed by atoms with Crippen molar-refractivity contribution in [3.8, 4) is 0 Å². The van der Waals surface area contributed by atoms with E-state index in [2.05, 4.69) is 55.8 Å². The lowest BCUT2D eigenvalue weighted by Crippen LogP contribution is -2.41. The summed E-state index contributed by atoms with van der Waals surface area (Å²) in [4.78, 5) is 4.36. The molecule has 0 aromatic heterocycles. The fraction of sp³-hybridized carbons (Fsp3) is 0.417. The molecule has 0 aliphatic carbocycles. The van der Waals surface area contributed by atoms with E-state index in [0.717, 1.165) is 42.9 Å². The van der Waals surface area contributed by atoms with Gasteiger partial charge in [-0.2, -0.15) is 0 Å². The van der Waals surface area contributed by atoms with E-state index in [1.807, 2.05) is 0 Å². The molecule has 0 bridgehead atoms. The van der Waals surface area contributed by atoms with Crippen LogP contribution in [0.1, 0.15) is 12.0 Å². The number of halogens is 1.